The van der Waals surface area contributed by atoms with E-state index < -0.39 is 0 Å². The second-order valence-corrected chi connectivity index (χ2v) is 5.00. The maximum absolute atomic E-state index is 12.2. The molecule has 0 unspecified atom stereocenters. The quantitative estimate of drug-likeness (QED) is 0.801. The van der Waals surface area contributed by atoms with E-state index in [0.29, 0.717) is 10.8 Å². The summed E-state index contributed by atoms with van der Waals surface area (Å²) in [6.45, 7) is 1.87. The zero-order valence-electron chi connectivity index (χ0n) is 10.7. The minimum Gasteiger partial charge on any atom is -0.438 e. The predicted molar refractivity (Wildman–Crippen MR) is 76.7 cm³/mol. The van der Waals surface area contributed by atoms with E-state index in [9.17, 15) is 4.79 Å². The highest BCUT2D eigenvalue weighted by Crippen LogP contribution is 2.23. The normalized spacial score (nSPS) is 10.4. The van der Waals surface area contributed by atoms with Gasteiger partial charge in [-0.3, -0.25) is 10.1 Å². The van der Waals surface area contributed by atoms with Gasteiger partial charge in [-0.15, -0.1) is 11.3 Å². The molecule has 0 aliphatic rings. The number of anilines is 1. The molecule has 20 heavy (non-hydrogen) atoms. The second-order valence-electron chi connectivity index (χ2n) is 4.14. The molecule has 6 heteroatoms. The molecule has 3 rings (SSSR count). The number of aromatic nitrogens is 2. The summed E-state index contributed by atoms with van der Waals surface area (Å²) in [6, 6.07) is 9.43. The average Bonchev–Trinajstić information content (AvgIpc) is 3.09. The first-order valence-electron chi connectivity index (χ1n) is 5.96. The molecule has 1 aromatic carbocycles. The molecule has 0 spiro atoms. The SMILES string of the molecule is Cc1csc(NC(=O)c2ocnc2-c2ccccc2)n1. The first-order chi connectivity index (χ1) is 9.74. The van der Waals surface area contributed by atoms with E-state index in [2.05, 4.69) is 15.3 Å². The molecule has 0 aliphatic heterocycles. The van der Waals surface area contributed by atoms with E-state index in [1.807, 2.05) is 42.6 Å². The first-order valence-corrected chi connectivity index (χ1v) is 6.84. The number of hydrogen-bond donors (Lipinski definition) is 1. The summed E-state index contributed by atoms with van der Waals surface area (Å²) in [5, 5.41) is 5.12. The van der Waals surface area contributed by atoms with Gasteiger partial charge in [0.1, 0.15) is 5.69 Å². The Morgan fingerprint density at radius 1 is 1.30 bits per heavy atom. The van der Waals surface area contributed by atoms with Crippen molar-refractivity contribution in [2.45, 2.75) is 6.92 Å². The highest BCUT2D eigenvalue weighted by atomic mass is 32.1. The Bertz CT molecular complexity index is 734. The fourth-order valence-corrected chi connectivity index (χ4v) is 2.46. The molecule has 1 amide bonds. The third-order valence-electron chi connectivity index (χ3n) is 2.66. The number of nitrogens with one attached hydrogen (secondary N) is 1. The molecule has 0 fully saturated rings. The number of amides is 1. The Labute approximate surface area is 119 Å². The predicted octanol–water partition coefficient (Wildman–Crippen LogP) is 3.36. The Balaban J connectivity index is 1.88. The van der Waals surface area contributed by atoms with Crippen LogP contribution in [0.5, 0.6) is 0 Å². The Morgan fingerprint density at radius 2 is 2.10 bits per heavy atom. The van der Waals surface area contributed by atoms with Gasteiger partial charge in [0.2, 0.25) is 5.76 Å². The molecule has 0 atom stereocenters. The standard InChI is InChI=1S/C14H11N3O2S/c1-9-7-20-14(16-9)17-13(18)12-11(15-8-19-12)10-5-3-2-4-6-10/h2-8H,1H3,(H,16,17,18). The van der Waals surface area contributed by atoms with E-state index in [0.717, 1.165) is 11.3 Å². The number of benzene rings is 1. The monoisotopic (exact) mass is 285 g/mol. The maximum Gasteiger partial charge on any atom is 0.295 e. The van der Waals surface area contributed by atoms with Gasteiger partial charge >= 0.3 is 0 Å². The maximum atomic E-state index is 12.2. The summed E-state index contributed by atoms with van der Waals surface area (Å²) in [5.41, 5.74) is 2.23. The smallest absolute Gasteiger partial charge is 0.295 e. The van der Waals surface area contributed by atoms with Crippen molar-refractivity contribution in [3.05, 3.63) is 53.6 Å². The van der Waals surface area contributed by atoms with Crippen LogP contribution in [-0.4, -0.2) is 15.9 Å². The highest BCUT2D eigenvalue weighted by molar-refractivity contribution is 7.13. The number of aryl methyl sites for hydroxylation is 1. The van der Waals surface area contributed by atoms with Gasteiger partial charge in [-0.1, -0.05) is 30.3 Å². The zero-order valence-corrected chi connectivity index (χ0v) is 11.5. The van der Waals surface area contributed by atoms with Gasteiger partial charge in [0, 0.05) is 10.9 Å². The van der Waals surface area contributed by atoms with Crippen LogP contribution in [-0.2, 0) is 0 Å². The first kappa shape index (κ1) is 12.6. The van der Waals surface area contributed by atoms with Crippen molar-refractivity contribution < 1.29 is 9.21 Å². The third-order valence-corrected chi connectivity index (χ3v) is 3.54. The van der Waals surface area contributed by atoms with Gasteiger partial charge in [-0.25, -0.2) is 9.97 Å². The molecule has 0 aliphatic carbocycles. The molecule has 0 bridgehead atoms. The van der Waals surface area contributed by atoms with Gasteiger partial charge in [0.15, 0.2) is 11.5 Å². The molecule has 0 saturated carbocycles. The lowest BCUT2D eigenvalue weighted by molar-refractivity contribution is 0.0997. The van der Waals surface area contributed by atoms with E-state index >= 15 is 0 Å². The largest absolute Gasteiger partial charge is 0.438 e. The average molecular weight is 285 g/mol. The van der Waals surface area contributed by atoms with Crippen molar-refractivity contribution in [2.24, 2.45) is 0 Å². The lowest BCUT2D eigenvalue weighted by atomic mass is 10.1. The number of hydrogen-bond acceptors (Lipinski definition) is 5. The molecule has 2 aromatic heterocycles. The van der Waals surface area contributed by atoms with E-state index in [4.69, 9.17) is 4.42 Å². The summed E-state index contributed by atoms with van der Waals surface area (Å²) in [6.07, 6.45) is 1.27. The second kappa shape index (κ2) is 5.26. The van der Waals surface area contributed by atoms with Gasteiger partial charge in [0.25, 0.3) is 5.91 Å². The van der Waals surface area contributed by atoms with Crippen LogP contribution in [0.3, 0.4) is 0 Å². The molecule has 100 valence electrons. The molecule has 3 aromatic rings. The number of thiazole rings is 1. The zero-order chi connectivity index (χ0) is 13.9. The minimum atomic E-state index is -0.351. The van der Waals surface area contributed by atoms with Crippen LogP contribution < -0.4 is 5.32 Å². The molecule has 1 N–H and O–H groups in total. The van der Waals surface area contributed by atoms with Gasteiger partial charge in [0.05, 0.1) is 5.69 Å². The number of carbonyl (C=O) groups excluding carboxylic acids is 1. The van der Waals surface area contributed by atoms with Crippen molar-refractivity contribution in [2.75, 3.05) is 5.32 Å². The molecule has 0 radical (unpaired) electrons. The number of rotatable bonds is 3. The van der Waals surface area contributed by atoms with Crippen molar-refractivity contribution in [3.8, 4) is 11.3 Å². The van der Waals surface area contributed by atoms with Crippen LogP contribution in [0.1, 0.15) is 16.2 Å². The van der Waals surface area contributed by atoms with Crippen molar-refractivity contribution in [3.63, 3.8) is 0 Å². The topological polar surface area (TPSA) is 68.0 Å². The summed E-state index contributed by atoms with van der Waals surface area (Å²) < 4.78 is 5.21. The number of carbonyl (C=O) groups is 1. The van der Waals surface area contributed by atoms with Crippen LogP contribution in [0, 0.1) is 6.92 Å². The van der Waals surface area contributed by atoms with Crippen LogP contribution in [0.15, 0.2) is 46.5 Å². The molecular formula is C14H11N3O2S. The van der Waals surface area contributed by atoms with Gasteiger partial charge in [-0.2, -0.15) is 0 Å². The number of oxazole rings is 1. The molecule has 2 heterocycles. The van der Waals surface area contributed by atoms with Crippen LogP contribution in [0.2, 0.25) is 0 Å². The summed E-state index contributed by atoms with van der Waals surface area (Å²) >= 11 is 1.37. The molecule has 5 nitrogen and oxygen atoms in total. The van der Waals surface area contributed by atoms with E-state index in [-0.39, 0.29) is 11.7 Å². The van der Waals surface area contributed by atoms with Crippen LogP contribution in [0.25, 0.3) is 11.3 Å². The van der Waals surface area contributed by atoms with E-state index in [1.54, 1.807) is 0 Å². The molecule has 0 saturated heterocycles. The highest BCUT2D eigenvalue weighted by Gasteiger charge is 2.19. The van der Waals surface area contributed by atoms with Gasteiger partial charge < -0.3 is 4.42 Å². The lowest BCUT2D eigenvalue weighted by Crippen LogP contribution is -2.12. The van der Waals surface area contributed by atoms with Crippen molar-refractivity contribution >= 4 is 22.4 Å². The lowest BCUT2D eigenvalue weighted by Gasteiger charge is -2.01. The number of nitrogens with zero attached hydrogens (tertiary/aromatic N) is 2. The van der Waals surface area contributed by atoms with Crippen molar-refractivity contribution in [1.29, 1.82) is 0 Å². The Morgan fingerprint density at radius 3 is 2.80 bits per heavy atom. The fourth-order valence-electron chi connectivity index (χ4n) is 1.77. The summed E-state index contributed by atoms with van der Waals surface area (Å²) in [4.78, 5) is 20.5. The Hall–Kier alpha value is -2.47. The third kappa shape index (κ3) is 2.46. The summed E-state index contributed by atoms with van der Waals surface area (Å²) in [7, 11) is 0. The Kier molecular flexibility index (Phi) is 3.30. The fraction of sp³-hybridized carbons (Fsp3) is 0.0714. The molecular weight excluding hydrogens is 274 g/mol. The summed E-state index contributed by atoms with van der Waals surface area (Å²) in [5.74, 6) is -0.167. The van der Waals surface area contributed by atoms with Crippen LogP contribution >= 0.6 is 11.3 Å². The van der Waals surface area contributed by atoms with E-state index in [1.165, 1.54) is 17.7 Å². The minimum absolute atomic E-state index is 0.184. The van der Waals surface area contributed by atoms with Crippen molar-refractivity contribution in [1.82, 2.24) is 9.97 Å². The van der Waals surface area contributed by atoms with Crippen LogP contribution in [0.4, 0.5) is 5.13 Å². The van der Waals surface area contributed by atoms with Gasteiger partial charge in [-0.05, 0) is 6.92 Å².